The van der Waals surface area contributed by atoms with Crippen LogP contribution in [-0.4, -0.2) is 11.3 Å². The van der Waals surface area contributed by atoms with Crippen LogP contribution < -0.4 is 0 Å². The van der Waals surface area contributed by atoms with Crippen LogP contribution in [0.1, 0.15) is 18.5 Å². The van der Waals surface area contributed by atoms with Crippen LogP contribution in [0.4, 0.5) is 0 Å². The minimum atomic E-state index is -0.203. The smallest absolute Gasteiger partial charge is 0.132 e. The molecule has 1 aromatic heterocycles. The van der Waals surface area contributed by atoms with Crippen molar-refractivity contribution in [1.82, 2.24) is 4.98 Å². The third-order valence-corrected chi connectivity index (χ3v) is 3.63. The van der Waals surface area contributed by atoms with Crippen LogP contribution in [0.3, 0.4) is 0 Å². The number of aldehydes is 1. The summed E-state index contributed by atoms with van der Waals surface area (Å²) >= 11 is 3.44. The molecule has 1 N–H and O–H groups in total. The summed E-state index contributed by atoms with van der Waals surface area (Å²) in [7, 11) is 0. The molecule has 0 amide bonds. The molecule has 0 spiro atoms. The van der Waals surface area contributed by atoms with Crippen LogP contribution in [0.2, 0.25) is 0 Å². The predicted octanol–water partition coefficient (Wildman–Crippen LogP) is 3.16. The Kier molecular flexibility index (Phi) is 1.80. The van der Waals surface area contributed by atoms with Gasteiger partial charge in [0.1, 0.15) is 6.29 Å². The number of carbonyl (C=O) groups is 1. The standard InChI is InChI=1S/C12H10BrNO/c13-9-1-2-10-8(5-9)6-11(14-10)12(7-15)3-4-12/h1-2,5-7,14H,3-4H2. The molecule has 0 unspecified atom stereocenters. The van der Waals surface area contributed by atoms with E-state index in [0.29, 0.717) is 0 Å². The minimum Gasteiger partial charge on any atom is -0.358 e. The first-order valence-electron chi connectivity index (χ1n) is 4.99. The van der Waals surface area contributed by atoms with Crippen LogP contribution in [0, 0.1) is 0 Å². The lowest BCUT2D eigenvalue weighted by Gasteiger charge is -2.01. The van der Waals surface area contributed by atoms with E-state index in [1.807, 2.05) is 12.1 Å². The Bertz CT molecular complexity index is 540. The number of halogens is 1. The van der Waals surface area contributed by atoms with E-state index in [1.165, 1.54) is 0 Å². The van der Waals surface area contributed by atoms with Gasteiger partial charge in [0.05, 0.1) is 5.41 Å². The Labute approximate surface area is 95.8 Å². The zero-order valence-electron chi connectivity index (χ0n) is 8.09. The van der Waals surface area contributed by atoms with Crippen LogP contribution in [0.5, 0.6) is 0 Å². The second-order valence-electron chi connectivity index (χ2n) is 4.19. The molecule has 1 aromatic carbocycles. The first-order chi connectivity index (χ1) is 7.23. The zero-order valence-corrected chi connectivity index (χ0v) is 9.67. The van der Waals surface area contributed by atoms with E-state index in [4.69, 9.17) is 0 Å². The fraction of sp³-hybridized carbons (Fsp3) is 0.250. The highest BCUT2D eigenvalue weighted by Gasteiger charge is 2.45. The van der Waals surface area contributed by atoms with Gasteiger partial charge < -0.3 is 9.78 Å². The molecule has 2 nitrogen and oxygen atoms in total. The van der Waals surface area contributed by atoms with Crippen molar-refractivity contribution in [3.05, 3.63) is 34.4 Å². The molecular formula is C12H10BrNO. The van der Waals surface area contributed by atoms with Gasteiger partial charge >= 0.3 is 0 Å². The number of aromatic nitrogens is 1. The Morgan fingerprint density at radius 3 is 2.80 bits per heavy atom. The first kappa shape index (κ1) is 9.16. The maximum atomic E-state index is 11.0. The number of carbonyl (C=O) groups excluding carboxylic acids is 1. The van der Waals surface area contributed by atoms with Crippen molar-refractivity contribution in [3.63, 3.8) is 0 Å². The van der Waals surface area contributed by atoms with Crippen molar-refractivity contribution >= 4 is 33.1 Å². The normalized spacial score (nSPS) is 17.9. The minimum absolute atomic E-state index is 0.203. The van der Waals surface area contributed by atoms with Crippen molar-refractivity contribution in [3.8, 4) is 0 Å². The maximum Gasteiger partial charge on any atom is 0.132 e. The second kappa shape index (κ2) is 2.95. The molecule has 1 fully saturated rings. The molecule has 0 aliphatic heterocycles. The number of fused-ring (bicyclic) bond motifs is 1. The number of nitrogens with one attached hydrogen (secondary N) is 1. The molecule has 1 saturated carbocycles. The predicted molar refractivity (Wildman–Crippen MR) is 63.0 cm³/mol. The van der Waals surface area contributed by atoms with Crippen molar-refractivity contribution < 1.29 is 4.79 Å². The Morgan fingerprint density at radius 2 is 2.13 bits per heavy atom. The number of hydrogen-bond donors (Lipinski definition) is 1. The quantitative estimate of drug-likeness (QED) is 0.830. The van der Waals surface area contributed by atoms with Gasteiger partial charge in [-0.25, -0.2) is 0 Å². The van der Waals surface area contributed by atoms with Crippen LogP contribution >= 0.6 is 15.9 Å². The van der Waals surface area contributed by atoms with E-state index in [-0.39, 0.29) is 5.41 Å². The van der Waals surface area contributed by atoms with Crippen LogP contribution in [0.15, 0.2) is 28.7 Å². The average Bonchev–Trinajstić information content (AvgIpc) is 2.93. The van der Waals surface area contributed by atoms with Gasteiger partial charge in [-0.05, 0) is 37.1 Å². The molecule has 3 heteroatoms. The zero-order chi connectivity index (χ0) is 10.5. The van der Waals surface area contributed by atoms with Crippen molar-refractivity contribution in [2.24, 2.45) is 0 Å². The van der Waals surface area contributed by atoms with Gasteiger partial charge in [-0.3, -0.25) is 0 Å². The van der Waals surface area contributed by atoms with Crippen molar-refractivity contribution in [2.45, 2.75) is 18.3 Å². The average molecular weight is 264 g/mol. The maximum absolute atomic E-state index is 11.0. The summed E-state index contributed by atoms with van der Waals surface area (Å²) in [4.78, 5) is 14.3. The molecule has 2 aromatic rings. The van der Waals surface area contributed by atoms with Gasteiger partial charge in [0, 0.05) is 21.1 Å². The number of rotatable bonds is 2. The summed E-state index contributed by atoms with van der Waals surface area (Å²) < 4.78 is 1.07. The Hall–Kier alpha value is -1.09. The molecule has 0 bridgehead atoms. The van der Waals surface area contributed by atoms with Gasteiger partial charge in [0.25, 0.3) is 0 Å². The van der Waals surface area contributed by atoms with Crippen molar-refractivity contribution in [2.75, 3.05) is 0 Å². The fourth-order valence-corrected chi connectivity index (χ4v) is 2.34. The van der Waals surface area contributed by atoms with E-state index < -0.39 is 0 Å². The highest BCUT2D eigenvalue weighted by Crippen LogP contribution is 2.46. The molecule has 0 saturated heterocycles. The van der Waals surface area contributed by atoms with Crippen molar-refractivity contribution in [1.29, 1.82) is 0 Å². The lowest BCUT2D eigenvalue weighted by molar-refractivity contribution is -0.109. The SMILES string of the molecule is O=CC1(c2cc3cc(Br)ccc3[nH]2)CC1. The van der Waals surface area contributed by atoms with E-state index in [1.54, 1.807) is 0 Å². The molecule has 0 atom stereocenters. The molecular weight excluding hydrogens is 254 g/mol. The van der Waals surface area contributed by atoms with Gasteiger partial charge in [-0.2, -0.15) is 0 Å². The van der Waals surface area contributed by atoms with E-state index in [2.05, 4.69) is 33.0 Å². The molecule has 1 aliphatic carbocycles. The van der Waals surface area contributed by atoms with E-state index in [9.17, 15) is 4.79 Å². The highest BCUT2D eigenvalue weighted by atomic mass is 79.9. The largest absolute Gasteiger partial charge is 0.358 e. The Morgan fingerprint density at radius 1 is 1.33 bits per heavy atom. The van der Waals surface area contributed by atoms with E-state index >= 15 is 0 Å². The lowest BCUT2D eigenvalue weighted by atomic mass is 10.1. The lowest BCUT2D eigenvalue weighted by Crippen LogP contribution is -2.07. The summed E-state index contributed by atoms with van der Waals surface area (Å²) in [5, 5.41) is 1.16. The molecule has 3 rings (SSSR count). The second-order valence-corrected chi connectivity index (χ2v) is 5.10. The molecule has 1 heterocycles. The van der Waals surface area contributed by atoms with Gasteiger partial charge in [-0.1, -0.05) is 15.9 Å². The first-order valence-corrected chi connectivity index (χ1v) is 5.78. The topological polar surface area (TPSA) is 32.9 Å². The van der Waals surface area contributed by atoms with Gasteiger partial charge in [0.2, 0.25) is 0 Å². The number of H-pyrrole nitrogens is 1. The number of benzene rings is 1. The highest BCUT2D eigenvalue weighted by molar-refractivity contribution is 9.10. The van der Waals surface area contributed by atoms with Gasteiger partial charge in [-0.15, -0.1) is 0 Å². The van der Waals surface area contributed by atoms with E-state index in [0.717, 1.165) is 40.2 Å². The van der Waals surface area contributed by atoms with Crippen LogP contribution in [-0.2, 0) is 10.2 Å². The molecule has 1 aliphatic rings. The fourth-order valence-electron chi connectivity index (χ4n) is 1.96. The summed E-state index contributed by atoms with van der Waals surface area (Å²) in [5.74, 6) is 0. The molecule has 15 heavy (non-hydrogen) atoms. The third-order valence-electron chi connectivity index (χ3n) is 3.13. The summed E-state index contributed by atoms with van der Waals surface area (Å²) in [6.45, 7) is 0. The number of aromatic amines is 1. The number of hydrogen-bond acceptors (Lipinski definition) is 1. The molecule has 76 valence electrons. The van der Waals surface area contributed by atoms with Gasteiger partial charge in [0.15, 0.2) is 0 Å². The Balaban J connectivity index is 2.18. The summed E-state index contributed by atoms with van der Waals surface area (Å²) in [6, 6.07) is 8.19. The third kappa shape index (κ3) is 1.34. The monoisotopic (exact) mass is 263 g/mol. The summed E-state index contributed by atoms with van der Waals surface area (Å²) in [5.41, 5.74) is 1.96. The summed E-state index contributed by atoms with van der Waals surface area (Å²) in [6.07, 6.45) is 3.03. The molecule has 0 radical (unpaired) electrons. The van der Waals surface area contributed by atoms with Crippen LogP contribution in [0.25, 0.3) is 10.9 Å².